The van der Waals surface area contributed by atoms with Gasteiger partial charge < -0.3 is 15.5 Å². The Hall–Kier alpha value is -1.71. The quantitative estimate of drug-likeness (QED) is 0.830. The summed E-state index contributed by atoms with van der Waals surface area (Å²) in [4.78, 5) is 13.8. The number of hydrogen-bond acceptors (Lipinski definition) is 3. The molecule has 1 aliphatic heterocycles. The number of para-hydroxylation sites is 2. The van der Waals surface area contributed by atoms with Crippen molar-refractivity contribution in [1.29, 1.82) is 0 Å². The highest BCUT2D eigenvalue weighted by atomic mass is 16.2. The number of nitrogens with one attached hydrogen (secondary N) is 2. The minimum absolute atomic E-state index is 0.0872. The molecule has 1 amide bonds. The minimum atomic E-state index is 0.0872. The second-order valence-electron chi connectivity index (χ2n) is 4.17. The van der Waals surface area contributed by atoms with Crippen LogP contribution in [0.1, 0.15) is 13.3 Å². The largest absolute Gasteiger partial charge is 0.383 e. The zero-order valence-electron chi connectivity index (χ0n) is 10.2. The molecule has 0 atom stereocenters. The van der Waals surface area contributed by atoms with Gasteiger partial charge in [0.25, 0.3) is 0 Å². The summed E-state index contributed by atoms with van der Waals surface area (Å²) in [6, 6.07) is 8.15. The standard InChI is InChI=1S/C13H19N3O/c1-2-14-13(17)10-16-9-5-8-15-11-6-3-4-7-12(11)16/h3-4,6-7,15H,2,5,8-10H2,1H3,(H,14,17). The molecule has 1 aliphatic rings. The normalized spacial score (nSPS) is 14.5. The van der Waals surface area contributed by atoms with Crippen molar-refractivity contribution in [2.24, 2.45) is 0 Å². The predicted molar refractivity (Wildman–Crippen MR) is 70.4 cm³/mol. The van der Waals surface area contributed by atoms with Crippen molar-refractivity contribution in [1.82, 2.24) is 5.32 Å². The third-order valence-corrected chi connectivity index (χ3v) is 2.87. The molecule has 4 nitrogen and oxygen atoms in total. The Morgan fingerprint density at radius 1 is 1.47 bits per heavy atom. The number of amides is 1. The van der Waals surface area contributed by atoms with Crippen LogP contribution in [0.3, 0.4) is 0 Å². The molecule has 0 aliphatic carbocycles. The number of carbonyl (C=O) groups excluding carboxylic acids is 1. The molecule has 0 saturated carbocycles. The molecule has 0 aromatic heterocycles. The summed E-state index contributed by atoms with van der Waals surface area (Å²) in [6.45, 7) is 4.94. The number of rotatable bonds is 3. The zero-order valence-corrected chi connectivity index (χ0v) is 10.2. The molecule has 0 fully saturated rings. The molecular weight excluding hydrogens is 214 g/mol. The highest BCUT2D eigenvalue weighted by Crippen LogP contribution is 2.27. The van der Waals surface area contributed by atoms with Crippen LogP contribution < -0.4 is 15.5 Å². The summed E-state index contributed by atoms with van der Waals surface area (Å²) in [7, 11) is 0. The fourth-order valence-electron chi connectivity index (χ4n) is 2.10. The smallest absolute Gasteiger partial charge is 0.239 e. The number of carbonyl (C=O) groups is 1. The van der Waals surface area contributed by atoms with E-state index in [9.17, 15) is 4.79 Å². The lowest BCUT2D eigenvalue weighted by Crippen LogP contribution is -2.37. The Morgan fingerprint density at radius 2 is 2.29 bits per heavy atom. The third kappa shape index (κ3) is 2.90. The van der Waals surface area contributed by atoms with Gasteiger partial charge in [0, 0.05) is 19.6 Å². The van der Waals surface area contributed by atoms with E-state index in [1.165, 1.54) is 0 Å². The third-order valence-electron chi connectivity index (χ3n) is 2.87. The highest BCUT2D eigenvalue weighted by Gasteiger charge is 2.16. The number of anilines is 2. The Balaban J connectivity index is 2.14. The first kappa shape index (κ1) is 11.8. The number of fused-ring (bicyclic) bond motifs is 1. The van der Waals surface area contributed by atoms with E-state index >= 15 is 0 Å². The SMILES string of the molecule is CCNC(=O)CN1CCCNc2ccccc21. The van der Waals surface area contributed by atoms with Crippen LogP contribution >= 0.6 is 0 Å². The molecule has 0 spiro atoms. The minimum Gasteiger partial charge on any atom is -0.383 e. The van der Waals surface area contributed by atoms with Gasteiger partial charge in [-0.05, 0) is 25.5 Å². The van der Waals surface area contributed by atoms with Gasteiger partial charge in [-0.3, -0.25) is 4.79 Å². The van der Waals surface area contributed by atoms with Crippen molar-refractivity contribution in [3.05, 3.63) is 24.3 Å². The molecule has 0 saturated heterocycles. The molecule has 0 bridgehead atoms. The number of hydrogen-bond donors (Lipinski definition) is 2. The van der Waals surface area contributed by atoms with E-state index in [-0.39, 0.29) is 5.91 Å². The summed E-state index contributed by atoms with van der Waals surface area (Å²) in [5.74, 6) is 0.0872. The molecule has 0 unspecified atom stereocenters. The Kier molecular flexibility index (Phi) is 3.85. The first-order valence-electron chi connectivity index (χ1n) is 6.16. The van der Waals surface area contributed by atoms with Gasteiger partial charge in [-0.1, -0.05) is 12.1 Å². The van der Waals surface area contributed by atoms with Crippen molar-refractivity contribution in [3.8, 4) is 0 Å². The highest BCUT2D eigenvalue weighted by molar-refractivity contribution is 5.83. The first-order chi connectivity index (χ1) is 8.31. The lowest BCUT2D eigenvalue weighted by atomic mass is 10.2. The Labute approximate surface area is 102 Å². The average molecular weight is 233 g/mol. The first-order valence-corrected chi connectivity index (χ1v) is 6.16. The van der Waals surface area contributed by atoms with Gasteiger partial charge in [0.2, 0.25) is 5.91 Å². The van der Waals surface area contributed by atoms with E-state index in [0.717, 1.165) is 30.9 Å². The van der Waals surface area contributed by atoms with Crippen LogP contribution in [0.2, 0.25) is 0 Å². The van der Waals surface area contributed by atoms with Gasteiger partial charge in [0.05, 0.1) is 17.9 Å². The van der Waals surface area contributed by atoms with E-state index in [1.807, 2.05) is 19.1 Å². The van der Waals surface area contributed by atoms with Crippen LogP contribution in [0.4, 0.5) is 11.4 Å². The zero-order chi connectivity index (χ0) is 12.1. The number of benzene rings is 1. The number of nitrogens with zero attached hydrogens (tertiary/aromatic N) is 1. The summed E-state index contributed by atoms with van der Waals surface area (Å²) in [6.07, 6.45) is 1.05. The van der Waals surface area contributed by atoms with E-state index < -0.39 is 0 Å². The summed E-state index contributed by atoms with van der Waals surface area (Å²) in [5.41, 5.74) is 2.24. The van der Waals surface area contributed by atoms with Crippen LogP contribution in [-0.4, -0.2) is 32.1 Å². The van der Waals surface area contributed by atoms with E-state index in [4.69, 9.17) is 0 Å². The van der Waals surface area contributed by atoms with E-state index in [0.29, 0.717) is 13.1 Å². The Morgan fingerprint density at radius 3 is 3.12 bits per heavy atom. The van der Waals surface area contributed by atoms with Gasteiger partial charge in [-0.15, -0.1) is 0 Å². The average Bonchev–Trinajstić information content (AvgIpc) is 2.53. The van der Waals surface area contributed by atoms with Crippen molar-refractivity contribution >= 4 is 17.3 Å². The van der Waals surface area contributed by atoms with Gasteiger partial charge >= 0.3 is 0 Å². The van der Waals surface area contributed by atoms with Crippen LogP contribution in [0, 0.1) is 0 Å². The monoisotopic (exact) mass is 233 g/mol. The molecule has 2 N–H and O–H groups in total. The molecule has 92 valence electrons. The van der Waals surface area contributed by atoms with Crippen LogP contribution in [0.25, 0.3) is 0 Å². The second kappa shape index (κ2) is 5.57. The fraction of sp³-hybridized carbons (Fsp3) is 0.462. The van der Waals surface area contributed by atoms with Gasteiger partial charge in [0.1, 0.15) is 0 Å². The van der Waals surface area contributed by atoms with Gasteiger partial charge in [-0.2, -0.15) is 0 Å². The predicted octanol–water partition coefficient (Wildman–Crippen LogP) is 1.44. The molecule has 1 heterocycles. The van der Waals surface area contributed by atoms with Crippen molar-refractivity contribution < 1.29 is 4.79 Å². The van der Waals surface area contributed by atoms with Gasteiger partial charge in [0.15, 0.2) is 0 Å². The summed E-state index contributed by atoms with van der Waals surface area (Å²) < 4.78 is 0. The molecule has 4 heteroatoms. The number of likely N-dealkylation sites (N-methyl/N-ethyl adjacent to an activating group) is 1. The molecule has 17 heavy (non-hydrogen) atoms. The maximum absolute atomic E-state index is 11.7. The lowest BCUT2D eigenvalue weighted by molar-refractivity contribution is -0.119. The fourth-order valence-corrected chi connectivity index (χ4v) is 2.10. The van der Waals surface area contributed by atoms with Gasteiger partial charge in [-0.25, -0.2) is 0 Å². The van der Waals surface area contributed by atoms with Crippen molar-refractivity contribution in [2.75, 3.05) is 36.4 Å². The topological polar surface area (TPSA) is 44.4 Å². The summed E-state index contributed by atoms with van der Waals surface area (Å²) >= 11 is 0. The van der Waals surface area contributed by atoms with Crippen LogP contribution in [0.5, 0.6) is 0 Å². The van der Waals surface area contributed by atoms with Crippen LogP contribution in [0.15, 0.2) is 24.3 Å². The maximum atomic E-state index is 11.7. The maximum Gasteiger partial charge on any atom is 0.239 e. The Bertz CT molecular complexity index is 392. The van der Waals surface area contributed by atoms with E-state index in [2.05, 4.69) is 27.7 Å². The second-order valence-corrected chi connectivity index (χ2v) is 4.17. The summed E-state index contributed by atoms with van der Waals surface area (Å²) in [5, 5.41) is 6.23. The van der Waals surface area contributed by atoms with Crippen molar-refractivity contribution in [2.45, 2.75) is 13.3 Å². The van der Waals surface area contributed by atoms with Crippen LogP contribution in [-0.2, 0) is 4.79 Å². The molecule has 2 rings (SSSR count). The molecule has 0 radical (unpaired) electrons. The van der Waals surface area contributed by atoms with Crippen molar-refractivity contribution in [3.63, 3.8) is 0 Å². The van der Waals surface area contributed by atoms with E-state index in [1.54, 1.807) is 0 Å². The molecular formula is C13H19N3O. The molecule has 1 aromatic carbocycles. The lowest BCUT2D eigenvalue weighted by Gasteiger charge is -2.23. The molecule has 1 aromatic rings.